The Balaban J connectivity index is 2.59. The molecule has 1 aromatic heterocycles. The number of hydrogen-bond acceptors (Lipinski definition) is 5. The van der Waals surface area contributed by atoms with E-state index in [-0.39, 0.29) is 11.8 Å². The summed E-state index contributed by atoms with van der Waals surface area (Å²) in [5, 5.41) is 10.4. The molecule has 0 saturated carbocycles. The first-order valence-corrected chi connectivity index (χ1v) is 3.79. The summed E-state index contributed by atoms with van der Waals surface area (Å²) in [6.07, 6.45) is 0.0977. The molecule has 0 N–H and O–H groups in total. The van der Waals surface area contributed by atoms with E-state index in [9.17, 15) is 10.1 Å². The van der Waals surface area contributed by atoms with Gasteiger partial charge in [0.2, 0.25) is 0 Å². The molecule has 0 fully saturated rings. The first-order valence-electron chi connectivity index (χ1n) is 3.79. The van der Waals surface area contributed by atoms with Crippen molar-refractivity contribution in [2.75, 3.05) is 7.11 Å². The fraction of sp³-hybridized carbons (Fsp3) is 0.125. The fourth-order valence-corrected chi connectivity index (χ4v) is 1.09. The Bertz CT molecular complexity index is 491. The number of fused-ring (bicyclic) bond motifs is 1. The minimum atomic E-state index is -0.492. The number of non-ortho nitro benzene ring substituents is 1. The molecule has 2 aromatic rings. The molecule has 2 rings (SSSR count). The van der Waals surface area contributed by atoms with E-state index in [2.05, 4.69) is 4.98 Å². The van der Waals surface area contributed by atoms with Crippen molar-refractivity contribution in [3.63, 3.8) is 0 Å². The summed E-state index contributed by atoms with van der Waals surface area (Å²) in [4.78, 5) is 13.9. The van der Waals surface area contributed by atoms with Crippen molar-refractivity contribution in [1.82, 2.24) is 4.98 Å². The number of ether oxygens (including phenoxy) is 1. The molecule has 0 amide bonds. The van der Waals surface area contributed by atoms with Crippen molar-refractivity contribution in [3.8, 4) is 6.08 Å². The lowest BCUT2D eigenvalue weighted by molar-refractivity contribution is -0.384. The number of oxazole rings is 1. The predicted molar refractivity (Wildman–Crippen MR) is 47.2 cm³/mol. The molecule has 0 atom stereocenters. The molecule has 0 bridgehead atoms. The summed E-state index contributed by atoms with van der Waals surface area (Å²) in [6.45, 7) is 0. The van der Waals surface area contributed by atoms with E-state index in [4.69, 9.17) is 9.15 Å². The van der Waals surface area contributed by atoms with E-state index >= 15 is 0 Å². The predicted octanol–water partition coefficient (Wildman–Crippen LogP) is 1.74. The lowest BCUT2D eigenvalue weighted by atomic mass is 10.3. The molecule has 0 aliphatic rings. The molecule has 0 aliphatic carbocycles. The highest BCUT2D eigenvalue weighted by Gasteiger charge is 2.11. The van der Waals surface area contributed by atoms with Crippen LogP contribution in [0.4, 0.5) is 5.69 Å². The van der Waals surface area contributed by atoms with Gasteiger partial charge in [-0.25, -0.2) is 0 Å². The van der Waals surface area contributed by atoms with Gasteiger partial charge in [-0.1, -0.05) is 0 Å². The molecular weight excluding hydrogens is 188 g/mol. The smallest absolute Gasteiger partial charge is 0.394 e. The number of nitro benzene ring substituents is 1. The van der Waals surface area contributed by atoms with E-state index in [0.29, 0.717) is 11.1 Å². The van der Waals surface area contributed by atoms with Crippen LogP contribution in [0.1, 0.15) is 0 Å². The highest BCUT2D eigenvalue weighted by atomic mass is 16.6. The molecule has 6 nitrogen and oxygen atoms in total. The quantitative estimate of drug-likeness (QED) is 0.537. The van der Waals surface area contributed by atoms with Gasteiger partial charge in [0.25, 0.3) is 5.69 Å². The number of aromatic nitrogens is 1. The third kappa shape index (κ3) is 1.26. The minimum Gasteiger partial charge on any atom is -0.453 e. The van der Waals surface area contributed by atoms with E-state index in [1.54, 1.807) is 0 Å². The normalized spacial score (nSPS) is 10.4. The fourth-order valence-electron chi connectivity index (χ4n) is 1.09. The SMILES string of the molecule is COc1nc2ccc([N+](=O)[O-])cc2o1. The van der Waals surface area contributed by atoms with Gasteiger partial charge in [-0.2, -0.15) is 4.98 Å². The number of hydrogen-bond donors (Lipinski definition) is 0. The first kappa shape index (κ1) is 8.49. The van der Waals surface area contributed by atoms with Crippen molar-refractivity contribution < 1.29 is 14.1 Å². The molecule has 14 heavy (non-hydrogen) atoms. The zero-order chi connectivity index (χ0) is 10.1. The van der Waals surface area contributed by atoms with Gasteiger partial charge in [0.15, 0.2) is 5.58 Å². The molecule has 0 unspecified atom stereocenters. The van der Waals surface area contributed by atoms with Crippen LogP contribution < -0.4 is 4.74 Å². The Kier molecular flexibility index (Phi) is 1.81. The van der Waals surface area contributed by atoms with Crippen LogP contribution in [0.2, 0.25) is 0 Å². The van der Waals surface area contributed by atoms with Gasteiger partial charge in [-0.05, 0) is 6.07 Å². The van der Waals surface area contributed by atoms with E-state index in [0.717, 1.165) is 0 Å². The van der Waals surface area contributed by atoms with Crippen LogP contribution in [0.5, 0.6) is 6.08 Å². The zero-order valence-electron chi connectivity index (χ0n) is 7.26. The summed E-state index contributed by atoms with van der Waals surface area (Å²) < 4.78 is 9.82. The molecule has 1 heterocycles. The molecule has 1 aromatic carbocycles. The van der Waals surface area contributed by atoms with Gasteiger partial charge in [-0.3, -0.25) is 10.1 Å². The molecule has 0 spiro atoms. The maximum atomic E-state index is 10.4. The van der Waals surface area contributed by atoms with Crippen molar-refractivity contribution in [2.45, 2.75) is 0 Å². The maximum absolute atomic E-state index is 10.4. The Morgan fingerprint density at radius 3 is 3.00 bits per heavy atom. The van der Waals surface area contributed by atoms with E-state index in [1.165, 1.54) is 25.3 Å². The number of rotatable bonds is 2. The molecule has 0 aliphatic heterocycles. The average Bonchev–Trinajstić information content (AvgIpc) is 2.58. The average molecular weight is 194 g/mol. The van der Waals surface area contributed by atoms with Gasteiger partial charge in [0.05, 0.1) is 18.1 Å². The number of benzene rings is 1. The van der Waals surface area contributed by atoms with Crippen LogP contribution in [0.3, 0.4) is 0 Å². The number of nitrogens with zero attached hydrogens (tertiary/aromatic N) is 2. The van der Waals surface area contributed by atoms with Crippen LogP contribution in [0, 0.1) is 10.1 Å². The minimum absolute atomic E-state index is 0.0312. The van der Waals surface area contributed by atoms with Gasteiger partial charge in [-0.15, -0.1) is 0 Å². The first-order chi connectivity index (χ1) is 6.70. The van der Waals surface area contributed by atoms with Crippen molar-refractivity contribution in [1.29, 1.82) is 0 Å². The summed E-state index contributed by atoms with van der Waals surface area (Å²) in [6, 6.07) is 4.19. The van der Waals surface area contributed by atoms with E-state index in [1.807, 2.05) is 0 Å². The standard InChI is InChI=1S/C8H6N2O4/c1-13-8-9-6-3-2-5(10(11)12)4-7(6)14-8/h2-4H,1H3. The number of methoxy groups -OCH3 is 1. The third-order valence-corrected chi connectivity index (χ3v) is 1.74. The maximum Gasteiger partial charge on any atom is 0.394 e. The lowest BCUT2D eigenvalue weighted by Crippen LogP contribution is -1.86. The van der Waals surface area contributed by atoms with Crippen LogP contribution in [0.15, 0.2) is 22.6 Å². The molecule has 0 radical (unpaired) electrons. The highest BCUT2D eigenvalue weighted by molar-refractivity contribution is 5.75. The molecule has 72 valence electrons. The Morgan fingerprint density at radius 1 is 1.57 bits per heavy atom. The Hall–Kier alpha value is -2.11. The highest BCUT2D eigenvalue weighted by Crippen LogP contribution is 2.24. The lowest BCUT2D eigenvalue weighted by Gasteiger charge is -1.88. The summed E-state index contributed by atoms with van der Waals surface area (Å²) in [7, 11) is 1.42. The van der Waals surface area contributed by atoms with Crippen LogP contribution in [-0.2, 0) is 0 Å². The van der Waals surface area contributed by atoms with Gasteiger partial charge in [0.1, 0.15) is 5.52 Å². The zero-order valence-corrected chi connectivity index (χ0v) is 7.26. The van der Waals surface area contributed by atoms with Crippen LogP contribution >= 0.6 is 0 Å². The second kappa shape index (κ2) is 2.99. The van der Waals surface area contributed by atoms with E-state index < -0.39 is 4.92 Å². The summed E-state index contributed by atoms with van der Waals surface area (Å²) in [5.41, 5.74) is 0.847. The van der Waals surface area contributed by atoms with Gasteiger partial charge in [0, 0.05) is 6.07 Å². The summed E-state index contributed by atoms with van der Waals surface area (Å²) in [5.74, 6) is 0. The topological polar surface area (TPSA) is 78.4 Å². The summed E-state index contributed by atoms with van der Waals surface area (Å²) >= 11 is 0. The second-order valence-corrected chi connectivity index (χ2v) is 2.59. The second-order valence-electron chi connectivity index (χ2n) is 2.59. The third-order valence-electron chi connectivity index (χ3n) is 1.74. The monoisotopic (exact) mass is 194 g/mol. The Labute approximate surface area is 78.3 Å². The van der Waals surface area contributed by atoms with Crippen LogP contribution in [-0.4, -0.2) is 17.0 Å². The van der Waals surface area contributed by atoms with Crippen LogP contribution in [0.25, 0.3) is 11.1 Å². The van der Waals surface area contributed by atoms with Crippen molar-refractivity contribution in [3.05, 3.63) is 28.3 Å². The van der Waals surface area contributed by atoms with Gasteiger partial charge < -0.3 is 9.15 Å². The van der Waals surface area contributed by atoms with Crippen molar-refractivity contribution >= 4 is 16.8 Å². The van der Waals surface area contributed by atoms with Crippen molar-refractivity contribution in [2.24, 2.45) is 0 Å². The molecule has 6 heteroatoms. The molecular formula is C8H6N2O4. The Morgan fingerprint density at radius 2 is 2.36 bits per heavy atom. The van der Waals surface area contributed by atoms with Gasteiger partial charge >= 0.3 is 6.08 Å². The molecule has 0 saturated heterocycles. The largest absolute Gasteiger partial charge is 0.453 e. The number of nitro groups is 1.